The number of aliphatic hydroxyl groups excluding tert-OH is 1. The molecule has 0 aromatic heterocycles. The van der Waals surface area contributed by atoms with Crippen LogP contribution in [0.15, 0.2) is 22.7 Å². The molecule has 0 bridgehead atoms. The molecular formula is C14H19BrO3. The van der Waals surface area contributed by atoms with Crippen molar-refractivity contribution in [1.82, 2.24) is 0 Å². The Kier molecular flexibility index (Phi) is 4.65. The van der Waals surface area contributed by atoms with E-state index in [-0.39, 0.29) is 12.0 Å². The Bertz CT molecular complexity index is 402. The van der Waals surface area contributed by atoms with Crippen molar-refractivity contribution >= 4 is 15.9 Å². The van der Waals surface area contributed by atoms with Crippen LogP contribution >= 0.6 is 15.9 Å². The number of hydrogen-bond acceptors (Lipinski definition) is 3. The molecule has 1 N–H and O–H groups in total. The fraction of sp³-hybridized carbons (Fsp3) is 0.571. The Balaban J connectivity index is 1.92. The van der Waals surface area contributed by atoms with Gasteiger partial charge in [-0.15, -0.1) is 0 Å². The maximum atomic E-state index is 8.81. The Morgan fingerprint density at radius 1 is 1.44 bits per heavy atom. The molecule has 1 heterocycles. The van der Waals surface area contributed by atoms with E-state index in [2.05, 4.69) is 35.0 Å². The predicted molar refractivity (Wildman–Crippen MR) is 74.0 cm³/mol. The molecule has 0 aliphatic carbocycles. The monoisotopic (exact) mass is 314 g/mol. The van der Waals surface area contributed by atoms with Crippen molar-refractivity contribution in [3.63, 3.8) is 0 Å². The van der Waals surface area contributed by atoms with Gasteiger partial charge in [0.05, 0.1) is 24.3 Å². The first-order valence-corrected chi connectivity index (χ1v) is 7.02. The first-order valence-electron chi connectivity index (χ1n) is 6.23. The minimum atomic E-state index is 0.162. The number of hydrogen-bond donors (Lipinski definition) is 1. The van der Waals surface area contributed by atoms with Gasteiger partial charge in [-0.1, -0.05) is 13.0 Å². The van der Waals surface area contributed by atoms with E-state index in [4.69, 9.17) is 14.6 Å². The van der Waals surface area contributed by atoms with Crippen molar-refractivity contribution in [1.29, 1.82) is 0 Å². The molecule has 1 aromatic rings. The highest BCUT2D eigenvalue weighted by Gasteiger charge is 2.34. The van der Waals surface area contributed by atoms with Crippen molar-refractivity contribution < 1.29 is 14.6 Å². The smallest absolute Gasteiger partial charge is 0.133 e. The summed E-state index contributed by atoms with van der Waals surface area (Å²) in [7, 11) is 0. The Morgan fingerprint density at radius 2 is 2.22 bits per heavy atom. The van der Waals surface area contributed by atoms with Crippen LogP contribution in [0.3, 0.4) is 0 Å². The Morgan fingerprint density at radius 3 is 2.78 bits per heavy atom. The summed E-state index contributed by atoms with van der Waals surface area (Å²) in [5.41, 5.74) is 1.37. The lowest BCUT2D eigenvalue weighted by Gasteiger charge is -2.37. The van der Waals surface area contributed by atoms with E-state index in [1.54, 1.807) is 0 Å². The molecule has 0 amide bonds. The van der Waals surface area contributed by atoms with Gasteiger partial charge in [-0.2, -0.15) is 0 Å². The number of aryl methyl sites for hydroxylation is 1. The van der Waals surface area contributed by atoms with Crippen LogP contribution in [-0.2, 0) is 11.2 Å². The van der Waals surface area contributed by atoms with Crippen molar-refractivity contribution in [3.05, 3.63) is 28.2 Å². The zero-order valence-corrected chi connectivity index (χ0v) is 12.2. The topological polar surface area (TPSA) is 38.7 Å². The number of rotatable bonds is 6. The second-order valence-corrected chi connectivity index (χ2v) is 6.04. The maximum Gasteiger partial charge on any atom is 0.133 e. The normalized spacial score (nSPS) is 17.3. The largest absolute Gasteiger partial charge is 0.492 e. The van der Waals surface area contributed by atoms with Gasteiger partial charge in [-0.3, -0.25) is 0 Å². The van der Waals surface area contributed by atoms with Crippen LogP contribution < -0.4 is 4.74 Å². The lowest BCUT2D eigenvalue weighted by atomic mass is 9.90. The van der Waals surface area contributed by atoms with Crippen molar-refractivity contribution in [2.24, 2.45) is 5.41 Å². The molecule has 3 nitrogen and oxygen atoms in total. The van der Waals surface area contributed by atoms with Crippen LogP contribution in [-0.4, -0.2) is 31.5 Å². The molecular weight excluding hydrogens is 296 g/mol. The molecule has 1 saturated heterocycles. The van der Waals surface area contributed by atoms with E-state index in [0.717, 1.165) is 36.3 Å². The van der Waals surface area contributed by atoms with E-state index in [9.17, 15) is 0 Å². The zero-order valence-electron chi connectivity index (χ0n) is 10.6. The van der Waals surface area contributed by atoms with Gasteiger partial charge in [-0.25, -0.2) is 0 Å². The maximum absolute atomic E-state index is 8.81. The molecule has 1 fully saturated rings. The number of benzene rings is 1. The molecule has 0 saturated carbocycles. The number of ether oxygens (including phenoxy) is 2. The van der Waals surface area contributed by atoms with Crippen molar-refractivity contribution in [2.75, 3.05) is 26.4 Å². The standard InChI is InChI=1S/C14H19BrO3/c1-14(8-17-9-14)10-18-13-5-4-11(3-2-6-16)7-12(13)15/h4-5,7,16H,2-3,6,8-10H2,1H3. The summed E-state index contributed by atoms with van der Waals surface area (Å²) >= 11 is 3.53. The highest BCUT2D eigenvalue weighted by atomic mass is 79.9. The molecule has 100 valence electrons. The van der Waals surface area contributed by atoms with Crippen LogP contribution in [0, 0.1) is 5.41 Å². The van der Waals surface area contributed by atoms with Gasteiger partial charge < -0.3 is 14.6 Å². The van der Waals surface area contributed by atoms with Gasteiger partial charge in [0.25, 0.3) is 0 Å². The summed E-state index contributed by atoms with van der Waals surface area (Å²) in [4.78, 5) is 0. The summed E-state index contributed by atoms with van der Waals surface area (Å²) in [5, 5.41) is 8.81. The van der Waals surface area contributed by atoms with Crippen LogP contribution in [0.5, 0.6) is 5.75 Å². The van der Waals surface area contributed by atoms with Crippen molar-refractivity contribution in [3.8, 4) is 5.75 Å². The molecule has 1 aromatic carbocycles. The SMILES string of the molecule is CC1(COc2ccc(CCCO)cc2Br)COC1. The lowest BCUT2D eigenvalue weighted by molar-refractivity contribution is -0.120. The lowest BCUT2D eigenvalue weighted by Crippen LogP contribution is -2.44. The number of halogens is 1. The number of aliphatic hydroxyl groups is 1. The van der Waals surface area contributed by atoms with E-state index in [1.807, 2.05) is 6.07 Å². The van der Waals surface area contributed by atoms with Gasteiger partial charge >= 0.3 is 0 Å². The predicted octanol–water partition coefficient (Wildman–Crippen LogP) is 2.79. The van der Waals surface area contributed by atoms with Gasteiger partial charge in [0.15, 0.2) is 0 Å². The Labute approximate surface area is 116 Å². The average Bonchev–Trinajstić information content (AvgIpc) is 2.33. The van der Waals surface area contributed by atoms with Crippen molar-refractivity contribution in [2.45, 2.75) is 19.8 Å². The summed E-state index contributed by atoms with van der Waals surface area (Å²) in [6, 6.07) is 6.10. The third kappa shape index (κ3) is 3.46. The van der Waals surface area contributed by atoms with Crippen LogP contribution in [0.4, 0.5) is 0 Å². The third-order valence-corrected chi connectivity index (χ3v) is 3.72. The molecule has 4 heteroatoms. The van der Waals surface area contributed by atoms with E-state index >= 15 is 0 Å². The van der Waals surface area contributed by atoms with Gasteiger partial charge in [-0.05, 0) is 46.5 Å². The average molecular weight is 315 g/mol. The highest BCUT2D eigenvalue weighted by Crippen LogP contribution is 2.31. The quantitative estimate of drug-likeness (QED) is 0.877. The summed E-state index contributed by atoms with van der Waals surface area (Å²) in [6.07, 6.45) is 1.68. The van der Waals surface area contributed by atoms with Gasteiger partial charge in [0.1, 0.15) is 5.75 Å². The van der Waals surface area contributed by atoms with Gasteiger partial charge in [0.2, 0.25) is 0 Å². The summed E-state index contributed by atoms with van der Waals surface area (Å²) < 4.78 is 12.0. The van der Waals surface area contributed by atoms with Crippen LogP contribution in [0.25, 0.3) is 0 Å². The minimum absolute atomic E-state index is 0.162. The molecule has 0 radical (unpaired) electrons. The minimum Gasteiger partial charge on any atom is -0.492 e. The summed E-state index contributed by atoms with van der Waals surface area (Å²) in [6.45, 7) is 4.63. The Hall–Kier alpha value is -0.580. The second kappa shape index (κ2) is 6.04. The molecule has 0 atom stereocenters. The molecule has 18 heavy (non-hydrogen) atoms. The second-order valence-electron chi connectivity index (χ2n) is 5.18. The van der Waals surface area contributed by atoms with E-state index in [1.165, 1.54) is 5.56 Å². The van der Waals surface area contributed by atoms with Gasteiger partial charge in [0, 0.05) is 12.0 Å². The molecule has 0 unspecified atom stereocenters. The summed E-state index contributed by atoms with van der Waals surface area (Å²) in [5.74, 6) is 0.871. The molecule has 1 aliphatic rings. The van der Waals surface area contributed by atoms with Crippen LogP contribution in [0.1, 0.15) is 18.9 Å². The fourth-order valence-electron chi connectivity index (χ4n) is 1.89. The van der Waals surface area contributed by atoms with E-state index < -0.39 is 0 Å². The van der Waals surface area contributed by atoms with Crippen LogP contribution in [0.2, 0.25) is 0 Å². The zero-order chi connectivity index (χ0) is 13.0. The fourth-order valence-corrected chi connectivity index (χ4v) is 2.43. The highest BCUT2D eigenvalue weighted by molar-refractivity contribution is 9.10. The first-order chi connectivity index (χ1) is 8.63. The first kappa shape index (κ1) is 13.8. The van der Waals surface area contributed by atoms with E-state index in [0.29, 0.717) is 6.61 Å². The molecule has 0 spiro atoms. The third-order valence-electron chi connectivity index (χ3n) is 3.10. The molecule has 1 aliphatic heterocycles. The molecule has 2 rings (SSSR count).